The van der Waals surface area contributed by atoms with Crippen molar-refractivity contribution in [3.63, 3.8) is 0 Å². The molecule has 0 bridgehead atoms. The fourth-order valence-corrected chi connectivity index (χ4v) is 3.66. The summed E-state index contributed by atoms with van der Waals surface area (Å²) in [6.07, 6.45) is 0. The fraction of sp³-hybridized carbons (Fsp3) is 0.412. The van der Waals surface area contributed by atoms with Crippen LogP contribution in [-0.4, -0.2) is 27.2 Å². The summed E-state index contributed by atoms with van der Waals surface area (Å²) in [5.41, 5.74) is 2.58. The van der Waals surface area contributed by atoms with Crippen LogP contribution in [0.5, 0.6) is 0 Å². The van der Waals surface area contributed by atoms with Crippen LogP contribution in [0.1, 0.15) is 50.7 Å². The molecule has 128 valence electrons. The van der Waals surface area contributed by atoms with Gasteiger partial charge in [0.05, 0.1) is 0 Å². The van der Waals surface area contributed by atoms with E-state index < -0.39 is 22.8 Å². The first-order chi connectivity index (χ1) is 11.2. The zero-order chi connectivity index (χ0) is 18.0. The quantitative estimate of drug-likeness (QED) is 0.477. The number of para-hydroxylation sites is 1. The van der Waals surface area contributed by atoms with Crippen LogP contribution in [0.25, 0.3) is 0 Å². The molecule has 1 aliphatic rings. The maximum Gasteiger partial charge on any atom is 0.293 e. The van der Waals surface area contributed by atoms with Gasteiger partial charge in [0, 0.05) is 5.69 Å². The van der Waals surface area contributed by atoms with Crippen LogP contribution >= 0.6 is 24.0 Å². The van der Waals surface area contributed by atoms with E-state index in [9.17, 15) is 14.4 Å². The predicted octanol–water partition coefficient (Wildman–Crippen LogP) is 2.96. The molecule has 2 rings (SSSR count). The van der Waals surface area contributed by atoms with Crippen molar-refractivity contribution in [2.24, 2.45) is 0 Å². The maximum absolute atomic E-state index is 12.4. The molecule has 2 amide bonds. The third-order valence-corrected chi connectivity index (χ3v) is 5.13. The van der Waals surface area contributed by atoms with Gasteiger partial charge in [0.25, 0.3) is 5.91 Å². The number of carbonyl (C=O) groups is 3. The number of amides is 2. The molecule has 0 unspecified atom stereocenters. The van der Waals surface area contributed by atoms with Gasteiger partial charge in [-0.15, -0.1) is 0 Å². The number of hydrogen-bond donors (Lipinski definition) is 2. The molecular weight excluding hydrogens is 344 g/mol. The van der Waals surface area contributed by atoms with Gasteiger partial charge in [0.2, 0.25) is 11.7 Å². The van der Waals surface area contributed by atoms with E-state index in [-0.39, 0.29) is 16.2 Å². The molecule has 0 radical (unpaired) electrons. The Hall–Kier alpha value is -1.73. The van der Waals surface area contributed by atoms with Crippen molar-refractivity contribution in [3.8, 4) is 0 Å². The van der Waals surface area contributed by atoms with Crippen molar-refractivity contribution in [1.29, 1.82) is 0 Å². The second-order valence-corrected chi connectivity index (χ2v) is 8.00. The van der Waals surface area contributed by atoms with Gasteiger partial charge in [0.1, 0.15) is 4.32 Å². The van der Waals surface area contributed by atoms with Gasteiger partial charge in [-0.05, 0) is 23.0 Å². The molecule has 0 spiro atoms. The molecule has 0 aliphatic carbocycles. The lowest BCUT2D eigenvalue weighted by molar-refractivity contribution is -0.136. The first-order valence-electron chi connectivity index (χ1n) is 7.71. The SMILES string of the molecule is CC(C)c1cccc(C(C)C)c1NC(=O)C(=O)[C@H]1SC(=S)NC1=O. The van der Waals surface area contributed by atoms with Crippen LogP contribution in [0.15, 0.2) is 18.2 Å². The molecular formula is C17H20N2O3S2. The molecule has 1 aromatic carbocycles. The van der Waals surface area contributed by atoms with Crippen LogP contribution in [0.4, 0.5) is 5.69 Å². The van der Waals surface area contributed by atoms with Gasteiger partial charge >= 0.3 is 0 Å². The van der Waals surface area contributed by atoms with Crippen molar-refractivity contribution in [3.05, 3.63) is 29.3 Å². The number of thioether (sulfide) groups is 1. The average molecular weight is 364 g/mol. The third kappa shape index (κ3) is 3.84. The minimum Gasteiger partial charge on any atom is -0.319 e. The molecule has 0 saturated carbocycles. The van der Waals surface area contributed by atoms with E-state index in [0.717, 1.165) is 22.9 Å². The molecule has 1 fully saturated rings. The van der Waals surface area contributed by atoms with Crippen LogP contribution in [0.3, 0.4) is 0 Å². The molecule has 1 saturated heterocycles. The van der Waals surface area contributed by atoms with E-state index >= 15 is 0 Å². The summed E-state index contributed by atoms with van der Waals surface area (Å²) in [5.74, 6) is -1.74. The average Bonchev–Trinajstić information content (AvgIpc) is 2.84. The number of Topliss-reactive ketones (excluding diaryl/α,β-unsaturated/α-hetero) is 1. The van der Waals surface area contributed by atoms with Crippen LogP contribution < -0.4 is 10.6 Å². The van der Waals surface area contributed by atoms with E-state index in [0.29, 0.717) is 5.69 Å². The van der Waals surface area contributed by atoms with Gasteiger partial charge in [0.15, 0.2) is 5.25 Å². The van der Waals surface area contributed by atoms with Gasteiger partial charge in [-0.25, -0.2) is 0 Å². The lowest BCUT2D eigenvalue weighted by Gasteiger charge is -2.20. The molecule has 7 heteroatoms. The van der Waals surface area contributed by atoms with Crippen LogP contribution in [0, 0.1) is 0 Å². The van der Waals surface area contributed by atoms with E-state index in [1.165, 1.54) is 0 Å². The number of carbonyl (C=O) groups excluding carboxylic acids is 3. The number of benzene rings is 1. The molecule has 24 heavy (non-hydrogen) atoms. The van der Waals surface area contributed by atoms with Crippen molar-refractivity contribution in [1.82, 2.24) is 5.32 Å². The normalized spacial score (nSPS) is 17.3. The lowest BCUT2D eigenvalue weighted by Crippen LogP contribution is -2.37. The molecule has 1 heterocycles. The molecule has 2 N–H and O–H groups in total. The summed E-state index contributed by atoms with van der Waals surface area (Å²) in [4.78, 5) is 36.4. The topological polar surface area (TPSA) is 75.3 Å². The Balaban J connectivity index is 2.30. The number of anilines is 1. The first kappa shape index (κ1) is 18.6. The second kappa shape index (κ2) is 7.44. The minimum absolute atomic E-state index is 0.186. The van der Waals surface area contributed by atoms with Crippen LogP contribution in [0.2, 0.25) is 0 Å². The molecule has 0 aromatic heterocycles. The van der Waals surface area contributed by atoms with Crippen molar-refractivity contribution in [2.75, 3.05) is 5.32 Å². The third-order valence-electron chi connectivity index (χ3n) is 3.76. The Morgan fingerprint density at radius 1 is 1.17 bits per heavy atom. The van der Waals surface area contributed by atoms with Crippen molar-refractivity contribution < 1.29 is 14.4 Å². The molecule has 1 aromatic rings. The lowest BCUT2D eigenvalue weighted by atomic mass is 9.92. The largest absolute Gasteiger partial charge is 0.319 e. The van der Waals surface area contributed by atoms with Gasteiger partial charge in [-0.2, -0.15) is 0 Å². The highest BCUT2D eigenvalue weighted by molar-refractivity contribution is 8.25. The molecule has 1 atom stereocenters. The summed E-state index contributed by atoms with van der Waals surface area (Å²) >= 11 is 5.77. The smallest absolute Gasteiger partial charge is 0.293 e. The summed E-state index contributed by atoms with van der Waals surface area (Å²) in [5, 5.41) is 4.00. The van der Waals surface area contributed by atoms with Crippen molar-refractivity contribution in [2.45, 2.75) is 44.8 Å². The Bertz CT molecular complexity index is 688. The Morgan fingerprint density at radius 3 is 2.12 bits per heavy atom. The fourth-order valence-electron chi connectivity index (χ4n) is 2.52. The highest BCUT2D eigenvalue weighted by atomic mass is 32.2. The number of rotatable bonds is 5. The number of hydrogen-bond acceptors (Lipinski definition) is 5. The monoisotopic (exact) mass is 364 g/mol. The van der Waals surface area contributed by atoms with E-state index in [4.69, 9.17) is 12.2 Å². The van der Waals surface area contributed by atoms with Crippen LogP contribution in [-0.2, 0) is 14.4 Å². The van der Waals surface area contributed by atoms with Gasteiger partial charge < -0.3 is 10.6 Å². The Morgan fingerprint density at radius 2 is 1.71 bits per heavy atom. The number of ketones is 1. The second-order valence-electron chi connectivity index (χ2n) is 6.21. The summed E-state index contributed by atoms with van der Waals surface area (Å²) in [6.45, 7) is 8.09. The minimum atomic E-state index is -1.11. The summed E-state index contributed by atoms with van der Waals surface area (Å²) in [7, 11) is 0. The zero-order valence-corrected chi connectivity index (χ0v) is 15.6. The van der Waals surface area contributed by atoms with E-state index in [1.807, 2.05) is 45.9 Å². The molecule has 1 aliphatic heterocycles. The van der Waals surface area contributed by atoms with E-state index in [2.05, 4.69) is 10.6 Å². The summed E-state index contributed by atoms with van der Waals surface area (Å²) in [6, 6.07) is 5.81. The Labute approximate surface area is 151 Å². The highest BCUT2D eigenvalue weighted by Gasteiger charge is 2.39. The zero-order valence-electron chi connectivity index (χ0n) is 14.0. The Kier molecular flexibility index (Phi) is 5.77. The predicted molar refractivity (Wildman–Crippen MR) is 100 cm³/mol. The van der Waals surface area contributed by atoms with E-state index in [1.54, 1.807) is 0 Å². The standard InChI is InChI=1S/C17H20N2O3S2/c1-8(2)10-6-5-7-11(9(3)4)12(10)18-15(21)13(20)14-16(22)19-17(23)24-14/h5-9,14H,1-4H3,(H,18,21)(H,19,22,23)/t14-/m1/s1. The highest BCUT2D eigenvalue weighted by Crippen LogP contribution is 2.32. The van der Waals surface area contributed by atoms with Crippen molar-refractivity contribution >= 4 is 51.6 Å². The summed E-state index contributed by atoms with van der Waals surface area (Å²) < 4.78 is 0.219. The first-order valence-corrected chi connectivity index (χ1v) is 9.00. The maximum atomic E-state index is 12.4. The van der Waals surface area contributed by atoms with Gasteiger partial charge in [-0.3, -0.25) is 14.4 Å². The molecule has 5 nitrogen and oxygen atoms in total. The number of nitrogens with one attached hydrogen (secondary N) is 2. The number of thiocarbonyl (C=S) groups is 1. The van der Waals surface area contributed by atoms with Gasteiger partial charge in [-0.1, -0.05) is 69.9 Å².